The highest BCUT2D eigenvalue weighted by Gasteiger charge is 2.17. The molecule has 3 aromatic rings. The molecular weight excluding hydrogens is 363 g/mol. The maximum atomic E-state index is 11.3. The predicted octanol–water partition coefficient (Wildman–Crippen LogP) is 2.39. The summed E-state index contributed by atoms with van der Waals surface area (Å²) in [6.45, 7) is 4.38. The van der Waals surface area contributed by atoms with Gasteiger partial charge in [0.1, 0.15) is 11.5 Å². The molecule has 0 fully saturated rings. The molecule has 0 atom stereocenters. The summed E-state index contributed by atoms with van der Waals surface area (Å²) in [4.78, 5) is 11.3. The van der Waals surface area contributed by atoms with Gasteiger partial charge in [0.2, 0.25) is 0 Å². The number of methoxy groups -OCH3 is 1. The van der Waals surface area contributed by atoms with Gasteiger partial charge in [0.05, 0.1) is 29.6 Å². The van der Waals surface area contributed by atoms with Crippen LogP contribution in [0.5, 0.6) is 5.75 Å². The van der Waals surface area contributed by atoms with Crippen molar-refractivity contribution in [1.29, 1.82) is 0 Å². The lowest BCUT2D eigenvalue weighted by Crippen LogP contribution is -2.10. The van der Waals surface area contributed by atoms with E-state index >= 15 is 0 Å². The van der Waals surface area contributed by atoms with Crippen molar-refractivity contribution in [1.82, 2.24) is 20.0 Å². The Hall–Kier alpha value is -2.99. The van der Waals surface area contributed by atoms with Crippen molar-refractivity contribution >= 4 is 36.8 Å². The quantitative estimate of drug-likeness (QED) is 0.496. The molecule has 3 N–H and O–H groups in total. The summed E-state index contributed by atoms with van der Waals surface area (Å²) in [7, 11) is 3.26. The molecule has 140 valence electrons. The van der Waals surface area contributed by atoms with Crippen LogP contribution in [0.15, 0.2) is 30.3 Å². The third-order valence-corrected chi connectivity index (χ3v) is 5.37. The van der Waals surface area contributed by atoms with Gasteiger partial charge in [-0.1, -0.05) is 14.0 Å². The standard InChI is InChI=1S/C18H21N6O2P/c1-24-17(27(3)4)9-13(23-24)11-6-5-7-12(18(11)26-2)20-14-8-16(19)22-21-15(14)10-25/h5-10H,1-4H3,(H3,19,20,22). The summed E-state index contributed by atoms with van der Waals surface area (Å²) in [5, 5.41) is 15.3. The van der Waals surface area contributed by atoms with E-state index in [0.29, 0.717) is 23.4 Å². The second-order valence-corrected chi connectivity index (χ2v) is 8.35. The number of hydrogen-bond acceptors (Lipinski definition) is 7. The number of aryl methyl sites for hydroxylation is 1. The van der Waals surface area contributed by atoms with E-state index in [9.17, 15) is 4.79 Å². The Balaban J connectivity index is 2.07. The number of carbonyl (C=O) groups excluding carboxylic acids is 1. The van der Waals surface area contributed by atoms with E-state index < -0.39 is 0 Å². The smallest absolute Gasteiger partial charge is 0.172 e. The molecule has 1 aromatic carbocycles. The number of anilines is 3. The van der Waals surface area contributed by atoms with Crippen molar-refractivity contribution in [2.24, 2.45) is 7.05 Å². The first-order valence-electron chi connectivity index (χ1n) is 8.18. The fourth-order valence-corrected chi connectivity index (χ4v) is 3.82. The van der Waals surface area contributed by atoms with Crippen molar-refractivity contribution in [3.63, 3.8) is 0 Å². The molecule has 0 aliphatic carbocycles. The van der Waals surface area contributed by atoms with E-state index in [-0.39, 0.29) is 19.4 Å². The maximum Gasteiger partial charge on any atom is 0.172 e. The second kappa shape index (κ2) is 7.72. The minimum Gasteiger partial charge on any atom is -0.494 e. The molecule has 0 saturated heterocycles. The molecular formula is C18H21N6O2P. The van der Waals surface area contributed by atoms with Gasteiger partial charge in [0.15, 0.2) is 12.0 Å². The number of ether oxygens (including phenoxy) is 1. The maximum absolute atomic E-state index is 11.3. The van der Waals surface area contributed by atoms with Gasteiger partial charge >= 0.3 is 0 Å². The van der Waals surface area contributed by atoms with Crippen LogP contribution in [0.25, 0.3) is 11.3 Å². The number of nitrogens with zero attached hydrogens (tertiary/aromatic N) is 4. The molecule has 0 bridgehead atoms. The Kier molecular flexibility index (Phi) is 5.37. The summed E-state index contributed by atoms with van der Waals surface area (Å²) in [5.41, 5.74) is 9.87. The Morgan fingerprint density at radius 1 is 1.22 bits per heavy atom. The van der Waals surface area contributed by atoms with Crippen molar-refractivity contribution in [2.75, 3.05) is 31.5 Å². The molecule has 0 aliphatic rings. The van der Waals surface area contributed by atoms with Crippen LogP contribution in [0.2, 0.25) is 0 Å². The summed E-state index contributed by atoms with van der Waals surface area (Å²) < 4.78 is 7.56. The summed E-state index contributed by atoms with van der Waals surface area (Å²) in [6.07, 6.45) is 0.626. The molecule has 0 unspecified atom stereocenters. The van der Waals surface area contributed by atoms with Crippen LogP contribution in [-0.2, 0) is 7.05 Å². The van der Waals surface area contributed by atoms with Crippen molar-refractivity contribution in [2.45, 2.75) is 0 Å². The van der Waals surface area contributed by atoms with Crippen LogP contribution in [0.3, 0.4) is 0 Å². The van der Waals surface area contributed by atoms with Crippen LogP contribution in [-0.4, -0.2) is 46.7 Å². The fraction of sp³-hybridized carbons (Fsp3) is 0.222. The van der Waals surface area contributed by atoms with Crippen LogP contribution in [0.1, 0.15) is 10.5 Å². The first-order chi connectivity index (χ1) is 12.9. The van der Waals surface area contributed by atoms with Gasteiger partial charge in [-0.25, -0.2) is 0 Å². The lowest BCUT2D eigenvalue weighted by molar-refractivity contribution is 0.111. The molecule has 27 heavy (non-hydrogen) atoms. The van der Waals surface area contributed by atoms with Gasteiger partial charge in [0, 0.05) is 18.7 Å². The average Bonchev–Trinajstić information content (AvgIpc) is 3.03. The molecule has 8 nitrogen and oxygen atoms in total. The first kappa shape index (κ1) is 18.8. The Morgan fingerprint density at radius 2 is 2.00 bits per heavy atom. The Labute approximate surface area is 158 Å². The van der Waals surface area contributed by atoms with E-state index in [0.717, 1.165) is 11.3 Å². The number of nitrogens with one attached hydrogen (secondary N) is 1. The number of aldehydes is 1. The molecule has 3 rings (SSSR count). The number of para-hydroxylation sites is 1. The largest absolute Gasteiger partial charge is 0.494 e. The predicted molar refractivity (Wildman–Crippen MR) is 109 cm³/mol. The normalized spacial score (nSPS) is 10.9. The van der Waals surface area contributed by atoms with Gasteiger partial charge in [-0.2, -0.15) is 5.10 Å². The molecule has 0 aliphatic heterocycles. The molecule has 0 saturated carbocycles. The zero-order valence-electron chi connectivity index (χ0n) is 15.6. The van der Waals surface area contributed by atoms with Gasteiger partial charge < -0.3 is 15.8 Å². The average molecular weight is 384 g/mol. The highest BCUT2D eigenvalue weighted by molar-refractivity contribution is 7.63. The monoisotopic (exact) mass is 384 g/mol. The van der Waals surface area contributed by atoms with E-state index in [4.69, 9.17) is 10.5 Å². The van der Waals surface area contributed by atoms with E-state index in [2.05, 4.69) is 40.0 Å². The number of carbonyl (C=O) groups is 1. The number of nitrogens with two attached hydrogens (primary N) is 1. The second-order valence-electron chi connectivity index (χ2n) is 6.10. The topological polar surface area (TPSA) is 108 Å². The zero-order chi connectivity index (χ0) is 19.6. The van der Waals surface area contributed by atoms with Crippen molar-refractivity contribution in [3.8, 4) is 17.0 Å². The summed E-state index contributed by atoms with van der Waals surface area (Å²) in [5.74, 6) is 0.831. The molecule has 0 spiro atoms. The van der Waals surface area contributed by atoms with Crippen molar-refractivity contribution < 1.29 is 9.53 Å². The number of nitrogen functional groups attached to an aromatic ring is 1. The first-order valence-corrected chi connectivity index (χ1v) is 10.4. The van der Waals surface area contributed by atoms with Gasteiger partial charge in [-0.05, 0) is 31.5 Å². The van der Waals surface area contributed by atoms with Gasteiger partial charge in [0.25, 0.3) is 0 Å². The molecule has 2 heterocycles. The third kappa shape index (κ3) is 3.75. The van der Waals surface area contributed by atoms with E-state index in [1.54, 1.807) is 13.2 Å². The van der Waals surface area contributed by atoms with Gasteiger partial charge in [-0.15, -0.1) is 10.2 Å². The summed E-state index contributed by atoms with van der Waals surface area (Å²) in [6, 6.07) is 9.33. The van der Waals surface area contributed by atoms with Gasteiger partial charge in [-0.3, -0.25) is 9.48 Å². The minimum absolute atomic E-state index is 0.166. The molecule has 0 radical (unpaired) electrons. The lowest BCUT2D eigenvalue weighted by Gasteiger charge is -2.15. The number of benzene rings is 1. The highest BCUT2D eigenvalue weighted by atomic mass is 31.1. The Bertz CT molecular complexity index is 986. The third-order valence-electron chi connectivity index (χ3n) is 4.03. The minimum atomic E-state index is -0.281. The SMILES string of the molecule is COc1c(Nc2cc(N)nnc2C=O)cccc1-c1cc(P(C)C)n(C)n1. The van der Waals surface area contributed by atoms with Crippen molar-refractivity contribution in [3.05, 3.63) is 36.0 Å². The van der Waals surface area contributed by atoms with Crippen LogP contribution in [0.4, 0.5) is 17.2 Å². The summed E-state index contributed by atoms with van der Waals surface area (Å²) >= 11 is 0. The van der Waals surface area contributed by atoms with Crippen LogP contribution in [0, 0.1) is 0 Å². The lowest BCUT2D eigenvalue weighted by atomic mass is 10.1. The Morgan fingerprint density at radius 3 is 2.63 bits per heavy atom. The van der Waals surface area contributed by atoms with Crippen LogP contribution < -0.4 is 21.2 Å². The number of rotatable bonds is 6. The zero-order valence-corrected chi connectivity index (χ0v) is 16.5. The number of hydrogen-bond donors (Lipinski definition) is 2. The van der Waals surface area contributed by atoms with E-state index in [1.807, 2.05) is 29.9 Å². The number of aromatic nitrogens is 4. The molecule has 2 aromatic heterocycles. The molecule has 0 amide bonds. The van der Waals surface area contributed by atoms with E-state index in [1.165, 1.54) is 5.44 Å². The van der Waals surface area contributed by atoms with Crippen LogP contribution >= 0.6 is 7.92 Å². The fourth-order valence-electron chi connectivity index (χ4n) is 2.81. The highest BCUT2D eigenvalue weighted by Crippen LogP contribution is 2.38. The molecule has 9 heteroatoms.